The Morgan fingerprint density at radius 2 is 2.33 bits per heavy atom. The molecule has 2 rings (SSSR count). The van der Waals surface area contributed by atoms with E-state index in [2.05, 4.69) is 6.92 Å². The molecule has 1 aliphatic rings. The lowest BCUT2D eigenvalue weighted by molar-refractivity contribution is 0.192. The molecule has 0 bridgehead atoms. The molecule has 12 heavy (non-hydrogen) atoms. The topological polar surface area (TPSA) is 9.23 Å². The number of fused-ring (bicyclic) bond motifs is 1. The minimum Gasteiger partial charge on any atom is -0.490 e. The Labute approximate surface area is 77.3 Å². The van der Waals surface area contributed by atoms with Crippen molar-refractivity contribution >= 4 is 11.6 Å². The predicted octanol–water partition coefficient (Wildman–Crippen LogP) is 3.05. The summed E-state index contributed by atoms with van der Waals surface area (Å²) in [7, 11) is 0. The Hall–Kier alpha value is -0.690. The normalized spacial score (nSPS) is 21.3. The van der Waals surface area contributed by atoms with Crippen LogP contribution in [0.4, 0.5) is 0 Å². The van der Waals surface area contributed by atoms with Gasteiger partial charge in [0.2, 0.25) is 0 Å². The molecule has 64 valence electrons. The maximum absolute atomic E-state index is 5.84. The molecule has 1 heterocycles. The highest BCUT2D eigenvalue weighted by Crippen LogP contribution is 2.29. The summed E-state index contributed by atoms with van der Waals surface area (Å²) in [4.78, 5) is 0. The van der Waals surface area contributed by atoms with Crippen molar-refractivity contribution in [3.8, 4) is 5.75 Å². The van der Waals surface area contributed by atoms with Gasteiger partial charge in [0.1, 0.15) is 5.75 Å². The summed E-state index contributed by atoms with van der Waals surface area (Å²) in [5.41, 5.74) is 1.28. The van der Waals surface area contributed by atoms with Crippen LogP contribution >= 0.6 is 11.6 Å². The van der Waals surface area contributed by atoms with Crippen molar-refractivity contribution in [1.82, 2.24) is 0 Å². The first-order chi connectivity index (χ1) is 5.75. The van der Waals surface area contributed by atoms with Gasteiger partial charge in [-0.05, 0) is 37.5 Å². The zero-order chi connectivity index (χ0) is 8.55. The SMILES string of the molecule is C[C@@H]1CCc2ccc(Cl)cc2O1. The Bertz CT molecular complexity index is 296. The second-order valence-corrected chi connectivity index (χ2v) is 3.66. The number of hydrogen-bond donors (Lipinski definition) is 0. The molecule has 0 aromatic heterocycles. The zero-order valence-electron chi connectivity index (χ0n) is 7.01. The molecule has 1 atom stereocenters. The first-order valence-corrected chi connectivity index (χ1v) is 4.58. The number of halogens is 1. The fraction of sp³-hybridized carbons (Fsp3) is 0.400. The molecule has 2 heteroatoms. The van der Waals surface area contributed by atoms with Gasteiger partial charge in [-0.15, -0.1) is 0 Å². The van der Waals surface area contributed by atoms with E-state index >= 15 is 0 Å². The molecule has 1 aromatic carbocycles. The first kappa shape index (κ1) is 7.93. The molecule has 1 nitrogen and oxygen atoms in total. The van der Waals surface area contributed by atoms with Gasteiger partial charge in [-0.25, -0.2) is 0 Å². The van der Waals surface area contributed by atoms with E-state index in [1.807, 2.05) is 18.2 Å². The molecule has 0 radical (unpaired) electrons. The Kier molecular flexibility index (Phi) is 1.97. The number of aryl methyl sites for hydroxylation is 1. The molecule has 0 saturated heterocycles. The molecule has 0 fully saturated rings. The predicted molar refractivity (Wildman–Crippen MR) is 49.9 cm³/mol. The van der Waals surface area contributed by atoms with Gasteiger partial charge in [-0.2, -0.15) is 0 Å². The van der Waals surface area contributed by atoms with Gasteiger partial charge in [0, 0.05) is 5.02 Å². The average Bonchev–Trinajstić information content (AvgIpc) is 2.03. The molecule has 0 N–H and O–H groups in total. The maximum atomic E-state index is 5.84. The third-order valence-electron chi connectivity index (χ3n) is 2.18. The highest BCUT2D eigenvalue weighted by atomic mass is 35.5. The lowest BCUT2D eigenvalue weighted by Gasteiger charge is -2.23. The van der Waals surface area contributed by atoms with Crippen LogP contribution in [0.1, 0.15) is 18.9 Å². The maximum Gasteiger partial charge on any atom is 0.124 e. The molecule has 0 unspecified atom stereocenters. The first-order valence-electron chi connectivity index (χ1n) is 4.21. The van der Waals surface area contributed by atoms with E-state index in [0.29, 0.717) is 6.10 Å². The summed E-state index contributed by atoms with van der Waals surface area (Å²) in [6.07, 6.45) is 2.54. The summed E-state index contributed by atoms with van der Waals surface area (Å²) in [6, 6.07) is 5.86. The molecule has 0 spiro atoms. The third kappa shape index (κ3) is 1.42. The third-order valence-corrected chi connectivity index (χ3v) is 2.41. The van der Waals surface area contributed by atoms with Crippen molar-refractivity contribution in [2.24, 2.45) is 0 Å². The monoisotopic (exact) mass is 182 g/mol. The summed E-state index contributed by atoms with van der Waals surface area (Å²) in [5, 5.41) is 0.753. The fourth-order valence-corrected chi connectivity index (χ4v) is 1.64. The second-order valence-electron chi connectivity index (χ2n) is 3.22. The van der Waals surface area contributed by atoms with Crippen molar-refractivity contribution < 1.29 is 4.74 Å². The van der Waals surface area contributed by atoms with E-state index in [4.69, 9.17) is 16.3 Å². The van der Waals surface area contributed by atoms with E-state index < -0.39 is 0 Å². The van der Waals surface area contributed by atoms with Gasteiger partial charge >= 0.3 is 0 Å². The van der Waals surface area contributed by atoms with Gasteiger partial charge in [0.05, 0.1) is 6.10 Å². The van der Waals surface area contributed by atoms with E-state index in [1.165, 1.54) is 5.56 Å². The molecular weight excluding hydrogens is 172 g/mol. The van der Waals surface area contributed by atoms with Crippen molar-refractivity contribution in [1.29, 1.82) is 0 Å². The van der Waals surface area contributed by atoms with Gasteiger partial charge < -0.3 is 4.74 Å². The number of rotatable bonds is 0. The molecule has 1 aromatic rings. The van der Waals surface area contributed by atoms with Crippen LogP contribution in [0.5, 0.6) is 5.75 Å². The molecule has 1 aliphatic heterocycles. The second kappa shape index (κ2) is 2.98. The van der Waals surface area contributed by atoms with Crippen LogP contribution in [0.3, 0.4) is 0 Å². The Morgan fingerprint density at radius 1 is 1.50 bits per heavy atom. The number of benzene rings is 1. The van der Waals surface area contributed by atoms with Crippen LogP contribution in [0.25, 0.3) is 0 Å². The van der Waals surface area contributed by atoms with Crippen LogP contribution in [0, 0.1) is 0 Å². The fourth-order valence-electron chi connectivity index (χ4n) is 1.48. The number of ether oxygens (including phenoxy) is 1. The van der Waals surface area contributed by atoms with Crippen molar-refractivity contribution in [2.45, 2.75) is 25.9 Å². The van der Waals surface area contributed by atoms with Crippen LogP contribution in [-0.4, -0.2) is 6.10 Å². The standard InChI is InChI=1S/C10H11ClO/c1-7-2-3-8-4-5-9(11)6-10(8)12-7/h4-7H,2-3H2,1H3/t7-/m1/s1. The highest BCUT2D eigenvalue weighted by molar-refractivity contribution is 6.30. The van der Waals surface area contributed by atoms with Gasteiger partial charge in [0.25, 0.3) is 0 Å². The largest absolute Gasteiger partial charge is 0.490 e. The summed E-state index contributed by atoms with van der Waals surface area (Å²) in [5.74, 6) is 0.959. The van der Waals surface area contributed by atoms with E-state index in [-0.39, 0.29) is 0 Å². The smallest absolute Gasteiger partial charge is 0.124 e. The van der Waals surface area contributed by atoms with Crippen LogP contribution in [-0.2, 0) is 6.42 Å². The summed E-state index contributed by atoms with van der Waals surface area (Å²) < 4.78 is 5.63. The van der Waals surface area contributed by atoms with E-state index in [0.717, 1.165) is 23.6 Å². The average molecular weight is 183 g/mol. The summed E-state index contributed by atoms with van der Waals surface area (Å²) in [6.45, 7) is 2.09. The molecule has 0 saturated carbocycles. The zero-order valence-corrected chi connectivity index (χ0v) is 7.77. The highest BCUT2D eigenvalue weighted by Gasteiger charge is 2.15. The van der Waals surface area contributed by atoms with Crippen molar-refractivity contribution in [3.63, 3.8) is 0 Å². The van der Waals surface area contributed by atoms with Crippen LogP contribution in [0.2, 0.25) is 5.02 Å². The lowest BCUT2D eigenvalue weighted by atomic mass is 10.0. The van der Waals surface area contributed by atoms with Crippen molar-refractivity contribution in [2.75, 3.05) is 0 Å². The molecule has 0 aliphatic carbocycles. The van der Waals surface area contributed by atoms with E-state index in [1.54, 1.807) is 0 Å². The lowest BCUT2D eigenvalue weighted by Crippen LogP contribution is -2.18. The molecule has 0 amide bonds. The van der Waals surface area contributed by atoms with E-state index in [9.17, 15) is 0 Å². The number of hydrogen-bond acceptors (Lipinski definition) is 1. The minimum absolute atomic E-state index is 0.330. The Balaban J connectivity index is 2.37. The molecular formula is C10H11ClO. The minimum atomic E-state index is 0.330. The van der Waals surface area contributed by atoms with Gasteiger partial charge in [-0.1, -0.05) is 17.7 Å². The van der Waals surface area contributed by atoms with Gasteiger partial charge in [-0.3, -0.25) is 0 Å². The van der Waals surface area contributed by atoms with Crippen LogP contribution in [0.15, 0.2) is 18.2 Å². The Morgan fingerprint density at radius 3 is 3.17 bits per heavy atom. The van der Waals surface area contributed by atoms with Crippen LogP contribution < -0.4 is 4.74 Å². The van der Waals surface area contributed by atoms with Gasteiger partial charge in [0.15, 0.2) is 0 Å². The quantitative estimate of drug-likeness (QED) is 0.599. The van der Waals surface area contributed by atoms with Crippen molar-refractivity contribution in [3.05, 3.63) is 28.8 Å². The summed E-state index contributed by atoms with van der Waals surface area (Å²) >= 11 is 5.84.